The second-order valence-corrected chi connectivity index (χ2v) is 4.66. The number of aromatic nitrogens is 2. The van der Waals surface area contributed by atoms with Crippen molar-refractivity contribution in [3.8, 4) is 5.69 Å². The third-order valence-electron chi connectivity index (χ3n) is 3.15. The van der Waals surface area contributed by atoms with Gasteiger partial charge in [0.2, 0.25) is 0 Å². The molecule has 2 aromatic rings. The maximum absolute atomic E-state index is 12.1. The summed E-state index contributed by atoms with van der Waals surface area (Å²) in [6.07, 6.45) is 5.32. The van der Waals surface area contributed by atoms with Gasteiger partial charge in [-0.1, -0.05) is 0 Å². The van der Waals surface area contributed by atoms with Crippen LogP contribution < -0.4 is 5.32 Å². The van der Waals surface area contributed by atoms with Crippen molar-refractivity contribution >= 4 is 11.9 Å². The highest BCUT2D eigenvalue weighted by Gasteiger charge is 2.20. The lowest BCUT2D eigenvalue weighted by Crippen LogP contribution is -2.41. The van der Waals surface area contributed by atoms with Crippen molar-refractivity contribution in [3.05, 3.63) is 48.5 Å². The van der Waals surface area contributed by atoms with Gasteiger partial charge in [-0.05, 0) is 24.3 Å². The second kappa shape index (κ2) is 7.37. The molecule has 0 bridgehead atoms. The number of amides is 1. The van der Waals surface area contributed by atoms with Crippen LogP contribution in [0.3, 0.4) is 0 Å². The number of methoxy groups -OCH3 is 1. The second-order valence-electron chi connectivity index (χ2n) is 4.66. The van der Waals surface area contributed by atoms with Gasteiger partial charge in [-0.2, -0.15) is 0 Å². The van der Waals surface area contributed by atoms with Crippen molar-refractivity contribution in [2.75, 3.05) is 13.7 Å². The van der Waals surface area contributed by atoms with Gasteiger partial charge >= 0.3 is 5.97 Å². The summed E-state index contributed by atoms with van der Waals surface area (Å²) in [6, 6.07) is 5.84. The molecule has 116 valence electrons. The molecule has 22 heavy (non-hydrogen) atoms. The first-order valence-corrected chi connectivity index (χ1v) is 6.73. The molecule has 0 spiro atoms. The van der Waals surface area contributed by atoms with E-state index in [0.717, 1.165) is 5.69 Å². The van der Waals surface area contributed by atoms with Crippen LogP contribution >= 0.6 is 0 Å². The van der Waals surface area contributed by atoms with Crippen molar-refractivity contribution in [2.45, 2.75) is 12.5 Å². The van der Waals surface area contributed by atoms with Gasteiger partial charge in [-0.3, -0.25) is 4.79 Å². The summed E-state index contributed by atoms with van der Waals surface area (Å²) in [6.45, 7) is 0.261. The molecule has 1 heterocycles. The summed E-state index contributed by atoms with van der Waals surface area (Å²) < 4.78 is 6.65. The zero-order chi connectivity index (χ0) is 15.9. The van der Waals surface area contributed by atoms with Gasteiger partial charge in [-0.15, -0.1) is 0 Å². The summed E-state index contributed by atoms with van der Waals surface area (Å²) in [5, 5.41) is 11.6. The average molecular weight is 303 g/mol. The van der Waals surface area contributed by atoms with Crippen LogP contribution in [0, 0.1) is 0 Å². The molecule has 0 aliphatic carbocycles. The van der Waals surface area contributed by atoms with Crippen LogP contribution in [0.4, 0.5) is 0 Å². The summed E-state index contributed by atoms with van der Waals surface area (Å²) in [7, 11) is 1.48. The maximum atomic E-state index is 12.1. The lowest BCUT2D eigenvalue weighted by molar-refractivity contribution is -0.139. The Labute approximate surface area is 127 Å². The minimum absolute atomic E-state index is 0.213. The first-order valence-electron chi connectivity index (χ1n) is 6.73. The Bertz CT molecular complexity index is 623. The number of carboxylic acids is 1. The summed E-state index contributed by atoms with van der Waals surface area (Å²) in [5.74, 6) is -1.51. The Balaban J connectivity index is 2.04. The number of carboxylic acid groups (broad SMARTS) is 1. The third-order valence-corrected chi connectivity index (χ3v) is 3.15. The fraction of sp³-hybridized carbons (Fsp3) is 0.267. The number of rotatable bonds is 7. The number of nitrogens with one attached hydrogen (secondary N) is 1. The van der Waals surface area contributed by atoms with Crippen LogP contribution in [-0.2, 0) is 9.53 Å². The van der Waals surface area contributed by atoms with E-state index >= 15 is 0 Å². The minimum Gasteiger partial charge on any atom is -0.480 e. The van der Waals surface area contributed by atoms with Crippen LogP contribution in [0.1, 0.15) is 16.8 Å². The zero-order valence-electron chi connectivity index (χ0n) is 12.1. The Morgan fingerprint density at radius 3 is 2.64 bits per heavy atom. The van der Waals surface area contributed by atoms with E-state index in [-0.39, 0.29) is 13.0 Å². The van der Waals surface area contributed by atoms with E-state index in [1.165, 1.54) is 7.11 Å². The number of imidazole rings is 1. The fourth-order valence-corrected chi connectivity index (χ4v) is 1.93. The quantitative estimate of drug-likeness (QED) is 0.798. The molecule has 0 aliphatic rings. The van der Waals surface area contributed by atoms with Crippen molar-refractivity contribution in [3.63, 3.8) is 0 Å². The Morgan fingerprint density at radius 1 is 1.36 bits per heavy atom. The molecule has 0 aliphatic heterocycles. The Hall–Kier alpha value is -2.67. The molecular formula is C15H17N3O4. The molecule has 1 aromatic heterocycles. The molecule has 2 rings (SSSR count). The standard InChI is InChI=1S/C15H17N3O4/c1-22-9-6-13(15(20)21)17-14(19)11-2-4-12(5-3-11)18-8-7-16-10-18/h2-5,7-8,10,13H,6,9H2,1H3,(H,17,19)(H,20,21). The highest BCUT2D eigenvalue weighted by atomic mass is 16.5. The van der Waals surface area contributed by atoms with E-state index in [1.54, 1.807) is 47.6 Å². The molecule has 0 saturated carbocycles. The summed E-state index contributed by atoms with van der Waals surface area (Å²) in [5.41, 5.74) is 1.26. The molecular weight excluding hydrogens is 286 g/mol. The van der Waals surface area contributed by atoms with Crippen molar-refractivity contribution in [2.24, 2.45) is 0 Å². The van der Waals surface area contributed by atoms with Crippen LogP contribution in [0.5, 0.6) is 0 Å². The monoisotopic (exact) mass is 303 g/mol. The third kappa shape index (κ3) is 3.92. The number of hydrogen-bond donors (Lipinski definition) is 2. The number of nitrogens with zero attached hydrogens (tertiary/aromatic N) is 2. The first kappa shape index (κ1) is 15.7. The summed E-state index contributed by atoms with van der Waals surface area (Å²) in [4.78, 5) is 27.1. The van der Waals surface area contributed by atoms with Crippen LogP contribution in [-0.4, -0.2) is 46.3 Å². The largest absolute Gasteiger partial charge is 0.480 e. The van der Waals surface area contributed by atoms with E-state index in [4.69, 9.17) is 9.84 Å². The molecule has 2 N–H and O–H groups in total. The number of aliphatic carboxylic acids is 1. The topological polar surface area (TPSA) is 93.5 Å². The average Bonchev–Trinajstić information content (AvgIpc) is 3.05. The minimum atomic E-state index is -1.08. The van der Waals surface area contributed by atoms with Gasteiger partial charge in [0, 0.05) is 43.8 Å². The highest BCUT2D eigenvalue weighted by molar-refractivity contribution is 5.96. The molecule has 7 nitrogen and oxygen atoms in total. The zero-order valence-corrected chi connectivity index (χ0v) is 12.1. The number of carbonyl (C=O) groups excluding carboxylic acids is 1. The van der Waals surface area contributed by atoms with Gasteiger partial charge in [0.15, 0.2) is 0 Å². The van der Waals surface area contributed by atoms with Gasteiger partial charge in [-0.25, -0.2) is 9.78 Å². The normalized spacial score (nSPS) is 11.9. The van der Waals surface area contributed by atoms with E-state index < -0.39 is 17.9 Å². The van der Waals surface area contributed by atoms with Crippen LogP contribution in [0.2, 0.25) is 0 Å². The Kier molecular flexibility index (Phi) is 5.26. The fourth-order valence-electron chi connectivity index (χ4n) is 1.93. The predicted molar refractivity (Wildman–Crippen MR) is 78.9 cm³/mol. The maximum Gasteiger partial charge on any atom is 0.326 e. The van der Waals surface area contributed by atoms with Crippen molar-refractivity contribution in [1.82, 2.24) is 14.9 Å². The van der Waals surface area contributed by atoms with E-state index in [9.17, 15) is 9.59 Å². The molecule has 1 unspecified atom stereocenters. The van der Waals surface area contributed by atoms with Crippen LogP contribution in [0.25, 0.3) is 5.69 Å². The number of ether oxygens (including phenoxy) is 1. The molecule has 1 aromatic carbocycles. The Morgan fingerprint density at radius 2 is 2.09 bits per heavy atom. The van der Waals surface area contributed by atoms with Gasteiger partial charge in [0.1, 0.15) is 6.04 Å². The predicted octanol–water partition coefficient (Wildman–Crippen LogP) is 1.09. The van der Waals surface area contributed by atoms with Gasteiger partial charge < -0.3 is 19.7 Å². The first-order chi connectivity index (χ1) is 10.6. The molecule has 1 amide bonds. The number of hydrogen-bond acceptors (Lipinski definition) is 4. The summed E-state index contributed by atoms with van der Waals surface area (Å²) >= 11 is 0. The van der Waals surface area contributed by atoms with E-state index in [0.29, 0.717) is 5.56 Å². The molecule has 0 saturated heterocycles. The molecule has 0 radical (unpaired) electrons. The lowest BCUT2D eigenvalue weighted by atomic mass is 10.1. The smallest absolute Gasteiger partial charge is 0.326 e. The van der Waals surface area contributed by atoms with Gasteiger partial charge in [0.05, 0.1) is 6.33 Å². The van der Waals surface area contributed by atoms with Crippen molar-refractivity contribution in [1.29, 1.82) is 0 Å². The molecule has 0 fully saturated rings. The van der Waals surface area contributed by atoms with Gasteiger partial charge in [0.25, 0.3) is 5.91 Å². The van der Waals surface area contributed by atoms with Crippen molar-refractivity contribution < 1.29 is 19.4 Å². The van der Waals surface area contributed by atoms with E-state index in [2.05, 4.69) is 10.3 Å². The number of benzene rings is 1. The SMILES string of the molecule is COCCC(NC(=O)c1ccc(-n2ccnc2)cc1)C(=O)O. The molecule has 1 atom stereocenters. The lowest BCUT2D eigenvalue weighted by Gasteiger charge is -2.14. The van der Waals surface area contributed by atoms with Crippen LogP contribution in [0.15, 0.2) is 43.0 Å². The van der Waals surface area contributed by atoms with E-state index in [1.807, 2.05) is 0 Å². The highest BCUT2D eigenvalue weighted by Crippen LogP contribution is 2.09. The molecule has 7 heteroatoms. The number of carbonyl (C=O) groups is 2.